The number of rotatable bonds is 5. The third-order valence-corrected chi connectivity index (χ3v) is 5.21. The molecule has 2 heterocycles. The van der Waals surface area contributed by atoms with E-state index in [0.717, 1.165) is 27.2 Å². The van der Waals surface area contributed by atoms with Gasteiger partial charge in [-0.25, -0.2) is 0 Å². The summed E-state index contributed by atoms with van der Waals surface area (Å²) >= 11 is 1.45. The molecule has 1 aliphatic heterocycles. The van der Waals surface area contributed by atoms with E-state index in [1.54, 1.807) is 25.3 Å². The molecule has 0 unspecified atom stereocenters. The number of pyridine rings is 1. The minimum Gasteiger partial charge on any atom is -0.497 e. The van der Waals surface area contributed by atoms with E-state index in [2.05, 4.69) is 17.2 Å². The number of aromatic nitrogens is 1. The van der Waals surface area contributed by atoms with Crippen LogP contribution in [-0.4, -0.2) is 25.6 Å². The fraction of sp³-hybridized carbons (Fsp3) is 0.200. The number of amides is 1. The fourth-order valence-corrected chi connectivity index (χ4v) is 3.73. The second kappa shape index (κ2) is 7.36. The molecule has 1 amide bonds. The second-order valence-electron chi connectivity index (χ2n) is 6.13. The lowest BCUT2D eigenvalue weighted by molar-refractivity contribution is -0.395. The summed E-state index contributed by atoms with van der Waals surface area (Å²) in [5.41, 5.74) is 2.81. The second-order valence-corrected chi connectivity index (χ2v) is 7.15. The Labute approximate surface area is 160 Å². The van der Waals surface area contributed by atoms with E-state index in [1.165, 1.54) is 11.8 Å². The monoisotopic (exact) mass is 383 g/mol. The molecule has 3 aromatic rings. The molecule has 2 N–H and O–H groups in total. The number of ether oxygens (including phenoxy) is 3. The van der Waals surface area contributed by atoms with Crippen molar-refractivity contribution in [2.45, 2.75) is 11.9 Å². The number of aromatic amines is 1. The number of hydrogen-bond acceptors (Lipinski definition) is 5. The van der Waals surface area contributed by atoms with E-state index < -0.39 is 0 Å². The van der Waals surface area contributed by atoms with Crippen molar-refractivity contribution in [1.29, 1.82) is 0 Å². The highest BCUT2D eigenvalue weighted by Gasteiger charge is 2.16. The van der Waals surface area contributed by atoms with Crippen molar-refractivity contribution in [1.82, 2.24) is 0 Å². The van der Waals surface area contributed by atoms with E-state index in [-0.39, 0.29) is 12.7 Å². The van der Waals surface area contributed by atoms with Crippen LogP contribution >= 0.6 is 11.8 Å². The standard InChI is InChI=1S/C20H18N2O4S/c1-12-7-20(22-16-9-14(24-2)4-5-15(12)16)27-10-19(23)21-13-3-6-17-18(8-13)26-11-25-17/h3-9H,10-11H2,1-2H3,(H,21,23)/p+1. The maximum atomic E-state index is 12.3. The predicted octanol–water partition coefficient (Wildman–Crippen LogP) is 3.43. The van der Waals surface area contributed by atoms with Gasteiger partial charge in [-0.05, 0) is 48.5 Å². The summed E-state index contributed by atoms with van der Waals surface area (Å²) < 4.78 is 15.9. The summed E-state index contributed by atoms with van der Waals surface area (Å²) in [6.45, 7) is 2.27. The molecule has 0 aliphatic carbocycles. The largest absolute Gasteiger partial charge is 0.497 e. The first-order valence-corrected chi connectivity index (χ1v) is 9.44. The van der Waals surface area contributed by atoms with Gasteiger partial charge in [-0.2, -0.15) is 4.98 Å². The predicted molar refractivity (Wildman–Crippen MR) is 104 cm³/mol. The van der Waals surface area contributed by atoms with E-state index in [4.69, 9.17) is 14.2 Å². The highest BCUT2D eigenvalue weighted by Crippen LogP contribution is 2.34. The average molecular weight is 383 g/mol. The van der Waals surface area contributed by atoms with Gasteiger partial charge in [0.25, 0.3) is 0 Å². The number of thioether (sulfide) groups is 1. The molecule has 0 bridgehead atoms. The van der Waals surface area contributed by atoms with Crippen molar-refractivity contribution in [2.75, 3.05) is 25.0 Å². The van der Waals surface area contributed by atoms with Gasteiger partial charge in [0.1, 0.15) is 5.75 Å². The smallest absolute Gasteiger partial charge is 0.239 e. The maximum absolute atomic E-state index is 12.3. The number of fused-ring (bicyclic) bond motifs is 2. The van der Waals surface area contributed by atoms with Gasteiger partial charge >= 0.3 is 0 Å². The highest BCUT2D eigenvalue weighted by molar-refractivity contribution is 7.99. The molecule has 7 heteroatoms. The lowest BCUT2D eigenvalue weighted by Gasteiger charge is -2.06. The minimum absolute atomic E-state index is 0.0874. The molecular weight excluding hydrogens is 364 g/mol. The lowest BCUT2D eigenvalue weighted by atomic mass is 10.1. The number of carbonyl (C=O) groups excluding carboxylic acids is 1. The zero-order chi connectivity index (χ0) is 18.8. The number of methoxy groups -OCH3 is 1. The Morgan fingerprint density at radius 1 is 1.19 bits per heavy atom. The van der Waals surface area contributed by atoms with Gasteiger partial charge in [0, 0.05) is 23.2 Å². The van der Waals surface area contributed by atoms with Gasteiger partial charge in [0.05, 0.1) is 18.9 Å². The molecule has 0 fully saturated rings. The van der Waals surface area contributed by atoms with E-state index >= 15 is 0 Å². The molecule has 27 heavy (non-hydrogen) atoms. The van der Waals surface area contributed by atoms with Crippen molar-refractivity contribution < 1.29 is 24.0 Å². The van der Waals surface area contributed by atoms with Crippen molar-refractivity contribution in [3.63, 3.8) is 0 Å². The van der Waals surface area contributed by atoms with Gasteiger partial charge in [0.2, 0.25) is 23.2 Å². The van der Waals surface area contributed by atoms with Gasteiger partial charge in [-0.15, -0.1) is 0 Å². The van der Waals surface area contributed by atoms with Crippen molar-refractivity contribution in [3.05, 3.63) is 48.0 Å². The Balaban J connectivity index is 1.44. The summed E-state index contributed by atoms with van der Waals surface area (Å²) in [4.78, 5) is 15.7. The number of hydrogen-bond donors (Lipinski definition) is 1. The molecule has 0 spiro atoms. The van der Waals surface area contributed by atoms with Crippen LogP contribution in [0.25, 0.3) is 10.9 Å². The molecule has 1 aliphatic rings. The molecule has 0 radical (unpaired) electrons. The zero-order valence-electron chi connectivity index (χ0n) is 15.0. The average Bonchev–Trinajstić information content (AvgIpc) is 3.13. The first kappa shape index (κ1) is 17.5. The number of H-pyrrole nitrogens is 1. The number of benzene rings is 2. The third-order valence-electron chi connectivity index (χ3n) is 4.27. The van der Waals surface area contributed by atoms with Gasteiger partial charge in [-0.1, -0.05) is 0 Å². The SMILES string of the molecule is COc1ccc2c(C)cc(SCC(=O)Nc3ccc4c(c3)OCO4)[nH+]c2c1. The van der Waals surface area contributed by atoms with Crippen molar-refractivity contribution >= 4 is 34.3 Å². The molecule has 1 aromatic heterocycles. The molecule has 138 valence electrons. The summed E-state index contributed by atoms with van der Waals surface area (Å²) in [5.74, 6) is 2.34. The van der Waals surface area contributed by atoms with Crippen LogP contribution in [0.2, 0.25) is 0 Å². The number of anilines is 1. The maximum Gasteiger partial charge on any atom is 0.239 e. The third kappa shape index (κ3) is 3.78. The molecule has 6 nitrogen and oxygen atoms in total. The Kier molecular flexibility index (Phi) is 4.77. The van der Waals surface area contributed by atoms with Crippen LogP contribution in [0.3, 0.4) is 0 Å². The van der Waals surface area contributed by atoms with Crippen LogP contribution in [0, 0.1) is 6.92 Å². The van der Waals surface area contributed by atoms with Crippen LogP contribution in [0.1, 0.15) is 5.56 Å². The van der Waals surface area contributed by atoms with Crippen LogP contribution < -0.4 is 24.5 Å². The summed E-state index contributed by atoms with van der Waals surface area (Å²) in [5, 5.41) is 4.94. The molecule has 0 atom stereocenters. The van der Waals surface area contributed by atoms with Crippen LogP contribution in [-0.2, 0) is 4.79 Å². The van der Waals surface area contributed by atoms with Gasteiger partial charge < -0.3 is 19.5 Å². The zero-order valence-corrected chi connectivity index (χ0v) is 15.8. The van der Waals surface area contributed by atoms with Crippen LogP contribution in [0.5, 0.6) is 17.2 Å². The summed E-state index contributed by atoms with van der Waals surface area (Å²) in [6, 6.07) is 13.3. The van der Waals surface area contributed by atoms with Crippen molar-refractivity contribution in [2.24, 2.45) is 0 Å². The Morgan fingerprint density at radius 3 is 2.89 bits per heavy atom. The number of nitrogens with one attached hydrogen (secondary N) is 2. The number of aryl methyl sites for hydroxylation is 1. The number of carbonyl (C=O) groups is 1. The van der Waals surface area contributed by atoms with Gasteiger partial charge in [0.15, 0.2) is 11.5 Å². The lowest BCUT2D eigenvalue weighted by Crippen LogP contribution is -2.16. The summed E-state index contributed by atoms with van der Waals surface area (Å²) in [6.07, 6.45) is 0. The van der Waals surface area contributed by atoms with Crippen LogP contribution in [0.4, 0.5) is 5.69 Å². The molecule has 2 aromatic carbocycles. The first-order chi connectivity index (χ1) is 13.1. The highest BCUT2D eigenvalue weighted by atomic mass is 32.2. The van der Waals surface area contributed by atoms with E-state index in [1.807, 2.05) is 24.3 Å². The molecular formula is C20H19N2O4S+. The molecule has 0 saturated carbocycles. The van der Waals surface area contributed by atoms with Gasteiger partial charge in [-0.3, -0.25) is 4.79 Å². The normalized spacial score (nSPS) is 12.2. The quantitative estimate of drug-likeness (QED) is 0.684. The van der Waals surface area contributed by atoms with E-state index in [0.29, 0.717) is 22.9 Å². The summed E-state index contributed by atoms with van der Waals surface area (Å²) in [7, 11) is 1.65. The van der Waals surface area contributed by atoms with Crippen LogP contribution in [0.15, 0.2) is 47.5 Å². The fourth-order valence-electron chi connectivity index (χ4n) is 2.93. The van der Waals surface area contributed by atoms with E-state index in [9.17, 15) is 4.79 Å². The Morgan fingerprint density at radius 2 is 2.04 bits per heavy atom. The Bertz CT molecular complexity index is 1020. The minimum atomic E-state index is -0.0874. The molecule has 0 saturated heterocycles. The topological polar surface area (TPSA) is 70.9 Å². The Hall–Kier alpha value is -2.93. The molecule has 4 rings (SSSR count). The van der Waals surface area contributed by atoms with Crippen molar-refractivity contribution in [3.8, 4) is 17.2 Å². The first-order valence-electron chi connectivity index (χ1n) is 8.45.